The Morgan fingerprint density at radius 1 is 1.22 bits per heavy atom. The Morgan fingerprint density at radius 2 is 1.87 bits per heavy atom. The minimum atomic E-state index is -0.741. The third-order valence-corrected chi connectivity index (χ3v) is 3.83. The van der Waals surface area contributed by atoms with Crippen LogP contribution in [0.25, 0.3) is 0 Å². The van der Waals surface area contributed by atoms with Gasteiger partial charge in [-0.25, -0.2) is 4.79 Å². The zero-order valence-corrected chi connectivity index (χ0v) is 12.0. The lowest BCUT2D eigenvalue weighted by atomic mass is 10.1. The van der Waals surface area contributed by atoms with E-state index in [1.165, 1.54) is 12.1 Å². The largest absolute Gasteiger partial charge is 0.361 e. The van der Waals surface area contributed by atoms with Crippen LogP contribution in [-0.2, 0) is 16.1 Å². The van der Waals surface area contributed by atoms with Crippen LogP contribution in [0.15, 0.2) is 34.9 Å². The Kier molecular flexibility index (Phi) is 3.00. The highest BCUT2D eigenvalue weighted by molar-refractivity contribution is 6.20. The molecule has 23 heavy (non-hydrogen) atoms. The summed E-state index contributed by atoms with van der Waals surface area (Å²) in [6, 6.07) is 8.03. The van der Waals surface area contributed by atoms with Crippen molar-refractivity contribution >= 4 is 17.8 Å². The zero-order chi connectivity index (χ0) is 16.0. The predicted molar refractivity (Wildman–Crippen MR) is 75.2 cm³/mol. The Labute approximate surface area is 130 Å². The molecule has 4 rings (SSSR count). The molecule has 2 aromatic rings. The minimum Gasteiger partial charge on any atom is -0.361 e. The van der Waals surface area contributed by atoms with Crippen LogP contribution in [0.5, 0.6) is 0 Å². The maximum absolute atomic E-state index is 12.1. The van der Waals surface area contributed by atoms with E-state index < -0.39 is 17.8 Å². The monoisotopic (exact) mass is 312 g/mol. The third-order valence-electron chi connectivity index (χ3n) is 3.83. The van der Waals surface area contributed by atoms with E-state index in [1.54, 1.807) is 18.2 Å². The van der Waals surface area contributed by atoms with Gasteiger partial charge in [0.15, 0.2) is 0 Å². The van der Waals surface area contributed by atoms with Crippen LogP contribution >= 0.6 is 0 Å². The summed E-state index contributed by atoms with van der Waals surface area (Å²) in [6.07, 6.45) is 1.96. The highest BCUT2D eigenvalue weighted by atomic mass is 16.7. The molecule has 7 nitrogen and oxygen atoms in total. The highest BCUT2D eigenvalue weighted by Gasteiger charge is 2.38. The van der Waals surface area contributed by atoms with Crippen molar-refractivity contribution in [3.63, 3.8) is 0 Å². The fourth-order valence-corrected chi connectivity index (χ4v) is 2.50. The summed E-state index contributed by atoms with van der Waals surface area (Å²) in [5.41, 5.74) is 0.874. The second kappa shape index (κ2) is 5.05. The lowest BCUT2D eigenvalue weighted by Crippen LogP contribution is -2.33. The SMILES string of the molecule is O=C(Cc1cc(C2CC2)on1)ON1C(=O)c2ccccc2C1=O. The standard InChI is InChI=1S/C16H12N2O5/c19-14(8-10-7-13(22-17-10)9-5-6-9)23-18-15(20)11-3-1-2-4-12(11)16(18)21/h1-4,7,9H,5-6,8H2. The van der Waals surface area contributed by atoms with Gasteiger partial charge in [-0.1, -0.05) is 22.4 Å². The summed E-state index contributed by atoms with van der Waals surface area (Å²) in [6.45, 7) is 0. The van der Waals surface area contributed by atoms with E-state index in [1.807, 2.05) is 0 Å². The van der Waals surface area contributed by atoms with Crippen molar-refractivity contribution in [2.75, 3.05) is 0 Å². The predicted octanol–water partition coefficient (Wildman–Crippen LogP) is 1.85. The fraction of sp³-hybridized carbons (Fsp3) is 0.250. The van der Waals surface area contributed by atoms with Gasteiger partial charge in [-0.3, -0.25) is 9.59 Å². The normalized spacial score (nSPS) is 16.6. The van der Waals surface area contributed by atoms with Crippen molar-refractivity contribution in [3.8, 4) is 0 Å². The lowest BCUT2D eigenvalue weighted by Gasteiger charge is -2.11. The minimum absolute atomic E-state index is 0.163. The summed E-state index contributed by atoms with van der Waals surface area (Å²) < 4.78 is 5.15. The average molecular weight is 312 g/mol. The number of nitrogens with zero attached hydrogens (tertiary/aromatic N) is 2. The van der Waals surface area contributed by atoms with Crippen LogP contribution in [0, 0.1) is 0 Å². The molecule has 2 aliphatic rings. The summed E-state index contributed by atoms with van der Waals surface area (Å²) in [7, 11) is 0. The summed E-state index contributed by atoms with van der Waals surface area (Å²) in [5.74, 6) is -0.872. The van der Waals surface area contributed by atoms with Crippen LogP contribution in [-0.4, -0.2) is 28.0 Å². The molecule has 1 aromatic carbocycles. The maximum atomic E-state index is 12.1. The molecular formula is C16H12N2O5. The van der Waals surface area contributed by atoms with E-state index in [4.69, 9.17) is 9.36 Å². The van der Waals surface area contributed by atoms with Crippen molar-refractivity contribution in [1.29, 1.82) is 0 Å². The molecule has 2 amide bonds. The van der Waals surface area contributed by atoms with Crippen molar-refractivity contribution < 1.29 is 23.7 Å². The fourth-order valence-electron chi connectivity index (χ4n) is 2.50. The zero-order valence-electron chi connectivity index (χ0n) is 12.0. The molecule has 2 heterocycles. The van der Waals surface area contributed by atoms with E-state index in [9.17, 15) is 14.4 Å². The molecule has 0 saturated heterocycles. The molecule has 1 fully saturated rings. The number of aromatic nitrogens is 1. The maximum Gasteiger partial charge on any atom is 0.339 e. The van der Waals surface area contributed by atoms with Gasteiger partial charge in [0.2, 0.25) is 0 Å². The number of carbonyl (C=O) groups is 3. The highest BCUT2D eigenvalue weighted by Crippen LogP contribution is 2.40. The number of benzene rings is 1. The quantitative estimate of drug-likeness (QED) is 0.800. The number of amides is 2. The first-order valence-corrected chi connectivity index (χ1v) is 7.27. The van der Waals surface area contributed by atoms with Crippen LogP contribution in [0.4, 0.5) is 0 Å². The van der Waals surface area contributed by atoms with E-state index in [-0.39, 0.29) is 17.5 Å². The van der Waals surface area contributed by atoms with E-state index >= 15 is 0 Å². The summed E-state index contributed by atoms with van der Waals surface area (Å²) >= 11 is 0. The third kappa shape index (κ3) is 2.40. The molecule has 0 spiro atoms. The summed E-state index contributed by atoms with van der Waals surface area (Å²) in [5, 5.41) is 4.30. The number of carbonyl (C=O) groups excluding carboxylic acids is 3. The van der Waals surface area contributed by atoms with Gasteiger partial charge in [0.05, 0.1) is 23.2 Å². The van der Waals surface area contributed by atoms with Gasteiger partial charge in [0, 0.05) is 12.0 Å². The van der Waals surface area contributed by atoms with E-state index in [2.05, 4.69) is 5.16 Å². The van der Waals surface area contributed by atoms with Crippen LogP contribution < -0.4 is 0 Å². The molecule has 0 atom stereocenters. The Morgan fingerprint density at radius 3 is 2.48 bits per heavy atom. The first-order valence-electron chi connectivity index (χ1n) is 7.27. The van der Waals surface area contributed by atoms with Gasteiger partial charge in [-0.05, 0) is 25.0 Å². The van der Waals surface area contributed by atoms with Crippen LogP contribution in [0.2, 0.25) is 0 Å². The van der Waals surface area contributed by atoms with Gasteiger partial charge in [0.1, 0.15) is 5.76 Å². The van der Waals surface area contributed by atoms with Crippen LogP contribution in [0.3, 0.4) is 0 Å². The number of hydrogen-bond acceptors (Lipinski definition) is 6. The Hall–Kier alpha value is -2.96. The molecule has 1 aliphatic heterocycles. The molecule has 1 saturated carbocycles. The van der Waals surface area contributed by atoms with Gasteiger partial charge in [0.25, 0.3) is 11.8 Å². The summed E-state index contributed by atoms with van der Waals surface area (Å²) in [4.78, 5) is 41.1. The van der Waals surface area contributed by atoms with Crippen molar-refractivity contribution in [2.45, 2.75) is 25.2 Å². The molecule has 7 heteroatoms. The molecule has 1 aliphatic carbocycles. The van der Waals surface area contributed by atoms with Crippen LogP contribution in [0.1, 0.15) is 50.9 Å². The van der Waals surface area contributed by atoms with Crippen molar-refractivity contribution in [3.05, 3.63) is 52.9 Å². The van der Waals surface area contributed by atoms with Gasteiger partial charge in [-0.2, -0.15) is 0 Å². The second-order valence-electron chi connectivity index (χ2n) is 5.59. The number of fused-ring (bicyclic) bond motifs is 1. The van der Waals surface area contributed by atoms with E-state index in [0.29, 0.717) is 16.7 Å². The molecule has 0 unspecified atom stereocenters. The first kappa shape index (κ1) is 13.7. The topological polar surface area (TPSA) is 89.7 Å². The van der Waals surface area contributed by atoms with E-state index in [0.717, 1.165) is 18.6 Å². The van der Waals surface area contributed by atoms with Gasteiger partial charge < -0.3 is 9.36 Å². The average Bonchev–Trinajstić information content (AvgIpc) is 3.26. The molecule has 0 radical (unpaired) electrons. The number of hydroxylamine groups is 2. The number of imide groups is 1. The van der Waals surface area contributed by atoms with Crippen molar-refractivity contribution in [1.82, 2.24) is 10.2 Å². The van der Waals surface area contributed by atoms with Crippen molar-refractivity contribution in [2.24, 2.45) is 0 Å². The number of rotatable bonds is 4. The Bertz CT molecular complexity index is 786. The molecule has 0 N–H and O–H groups in total. The lowest BCUT2D eigenvalue weighted by molar-refractivity contribution is -0.167. The molecule has 1 aromatic heterocycles. The second-order valence-corrected chi connectivity index (χ2v) is 5.59. The molecule has 116 valence electrons. The smallest absolute Gasteiger partial charge is 0.339 e. The Balaban J connectivity index is 1.44. The molecule has 0 bridgehead atoms. The number of hydrogen-bond donors (Lipinski definition) is 0. The molecular weight excluding hydrogens is 300 g/mol. The van der Waals surface area contributed by atoms with Gasteiger partial charge in [-0.15, -0.1) is 0 Å². The van der Waals surface area contributed by atoms with Gasteiger partial charge >= 0.3 is 5.97 Å². The first-order chi connectivity index (χ1) is 11.1.